The van der Waals surface area contributed by atoms with Crippen molar-refractivity contribution in [1.82, 2.24) is 5.16 Å². The van der Waals surface area contributed by atoms with Gasteiger partial charge in [0.05, 0.1) is 19.6 Å². The Kier molecular flexibility index (Phi) is 3.62. The van der Waals surface area contributed by atoms with Crippen molar-refractivity contribution in [2.24, 2.45) is 5.73 Å². The fourth-order valence-electron chi connectivity index (χ4n) is 1.29. The third kappa shape index (κ3) is 2.03. The van der Waals surface area contributed by atoms with Gasteiger partial charge in [-0.25, -0.2) is 4.79 Å². The molecule has 0 saturated heterocycles. The molecule has 7 nitrogen and oxygen atoms in total. The monoisotopic (exact) mass is 228 g/mol. The molecule has 0 aliphatic rings. The number of ether oxygens (including phenoxy) is 1. The summed E-state index contributed by atoms with van der Waals surface area (Å²) >= 11 is 0. The molecule has 0 aliphatic heterocycles. The predicted octanol–water partition coefficient (Wildman–Crippen LogP) is 0.108. The number of carbonyl (C=O) groups is 2. The fraction of sp³-hybridized carbons (Fsp3) is 0.444. The Bertz CT molecular complexity index is 412. The zero-order valence-corrected chi connectivity index (χ0v) is 8.89. The van der Waals surface area contributed by atoms with E-state index in [0.29, 0.717) is 0 Å². The second-order valence-electron chi connectivity index (χ2n) is 3.12. The maximum Gasteiger partial charge on any atom is 0.360 e. The third-order valence-electron chi connectivity index (χ3n) is 2.17. The molecule has 0 spiro atoms. The number of carboxylic acid groups (broad SMARTS) is 1. The summed E-state index contributed by atoms with van der Waals surface area (Å²) in [5.41, 5.74) is 5.39. The van der Waals surface area contributed by atoms with E-state index in [9.17, 15) is 9.59 Å². The third-order valence-corrected chi connectivity index (χ3v) is 2.17. The highest BCUT2D eigenvalue weighted by molar-refractivity contribution is 5.91. The van der Waals surface area contributed by atoms with Crippen molar-refractivity contribution in [1.29, 1.82) is 0 Å². The molecule has 1 heterocycles. The van der Waals surface area contributed by atoms with Crippen LogP contribution in [0.2, 0.25) is 0 Å². The van der Waals surface area contributed by atoms with Gasteiger partial charge in [0.1, 0.15) is 0 Å². The van der Waals surface area contributed by atoms with Gasteiger partial charge in [-0.2, -0.15) is 0 Å². The van der Waals surface area contributed by atoms with Gasteiger partial charge < -0.3 is 20.1 Å². The van der Waals surface area contributed by atoms with Crippen LogP contribution in [0.25, 0.3) is 0 Å². The molecule has 7 heteroatoms. The summed E-state index contributed by atoms with van der Waals surface area (Å²) in [7, 11) is 1.17. The van der Waals surface area contributed by atoms with Gasteiger partial charge in [0.25, 0.3) is 0 Å². The van der Waals surface area contributed by atoms with Crippen LogP contribution in [0, 0.1) is 0 Å². The number of nitrogens with two attached hydrogens (primary N) is 1. The van der Waals surface area contributed by atoms with E-state index in [0.717, 1.165) is 0 Å². The van der Waals surface area contributed by atoms with Crippen molar-refractivity contribution >= 4 is 11.9 Å². The summed E-state index contributed by atoms with van der Waals surface area (Å²) in [5, 5.41) is 12.4. The van der Waals surface area contributed by atoms with Gasteiger partial charge in [0.2, 0.25) is 0 Å². The molecule has 0 saturated carbocycles. The van der Waals surface area contributed by atoms with Crippen molar-refractivity contribution in [3.05, 3.63) is 17.0 Å². The van der Waals surface area contributed by atoms with Crippen molar-refractivity contribution in [3.63, 3.8) is 0 Å². The van der Waals surface area contributed by atoms with Gasteiger partial charge in [-0.3, -0.25) is 4.79 Å². The van der Waals surface area contributed by atoms with E-state index in [1.54, 1.807) is 0 Å². The highest BCUT2D eigenvalue weighted by Crippen LogP contribution is 2.24. The summed E-state index contributed by atoms with van der Waals surface area (Å²) in [6, 6.07) is 0. The lowest BCUT2D eigenvalue weighted by atomic mass is 9.99. The number of rotatable bonds is 4. The predicted molar refractivity (Wildman–Crippen MR) is 51.8 cm³/mol. The molecule has 0 aromatic carbocycles. The molecule has 0 bridgehead atoms. The molecule has 88 valence electrons. The number of carbonyl (C=O) groups excluding carboxylic acids is 1. The van der Waals surface area contributed by atoms with Crippen LogP contribution < -0.4 is 5.73 Å². The van der Waals surface area contributed by atoms with Gasteiger partial charge in [0, 0.05) is 5.56 Å². The first-order valence-electron chi connectivity index (χ1n) is 4.52. The zero-order chi connectivity index (χ0) is 12.3. The lowest BCUT2D eigenvalue weighted by molar-refractivity contribution is -0.138. The summed E-state index contributed by atoms with van der Waals surface area (Å²) < 4.78 is 9.27. The first kappa shape index (κ1) is 12.2. The first-order valence-corrected chi connectivity index (χ1v) is 4.52. The topological polar surface area (TPSA) is 116 Å². The molecule has 0 fully saturated rings. The van der Waals surface area contributed by atoms with Crippen LogP contribution in [0.4, 0.5) is 0 Å². The quantitative estimate of drug-likeness (QED) is 0.702. The van der Waals surface area contributed by atoms with Crippen LogP contribution in [0.5, 0.6) is 0 Å². The summed E-state index contributed by atoms with van der Waals surface area (Å²) in [6.45, 7) is 1.39. The molecule has 0 amide bonds. The second kappa shape index (κ2) is 4.75. The lowest BCUT2D eigenvalue weighted by Gasteiger charge is -2.06. The number of hydrogen-bond donors (Lipinski definition) is 2. The average molecular weight is 228 g/mol. The van der Waals surface area contributed by atoms with Gasteiger partial charge in [-0.1, -0.05) is 5.16 Å². The van der Waals surface area contributed by atoms with Crippen molar-refractivity contribution in [2.75, 3.05) is 7.11 Å². The minimum atomic E-state index is -1.09. The SMILES string of the molecule is COC(=O)c1noc(CN)c1C(C)C(=O)O. The number of carboxylic acids is 1. The Morgan fingerprint density at radius 3 is 2.69 bits per heavy atom. The van der Waals surface area contributed by atoms with Crippen molar-refractivity contribution in [2.45, 2.75) is 19.4 Å². The van der Waals surface area contributed by atoms with Crippen molar-refractivity contribution < 1.29 is 24.0 Å². The molecule has 1 atom stereocenters. The molecular formula is C9H12N2O5. The van der Waals surface area contributed by atoms with Crippen LogP contribution in [-0.2, 0) is 16.1 Å². The van der Waals surface area contributed by atoms with E-state index >= 15 is 0 Å². The van der Waals surface area contributed by atoms with E-state index in [1.807, 2.05) is 0 Å². The Labute approximate surface area is 91.2 Å². The smallest absolute Gasteiger partial charge is 0.360 e. The maximum atomic E-state index is 11.3. The Morgan fingerprint density at radius 2 is 2.25 bits per heavy atom. The van der Waals surface area contributed by atoms with E-state index in [1.165, 1.54) is 14.0 Å². The van der Waals surface area contributed by atoms with Gasteiger partial charge in [-0.15, -0.1) is 0 Å². The highest BCUT2D eigenvalue weighted by atomic mass is 16.5. The van der Waals surface area contributed by atoms with E-state index < -0.39 is 17.9 Å². The Morgan fingerprint density at radius 1 is 1.62 bits per heavy atom. The molecule has 1 aromatic heterocycles. The Balaban J connectivity index is 3.26. The molecule has 0 radical (unpaired) electrons. The maximum absolute atomic E-state index is 11.3. The Hall–Kier alpha value is -1.89. The lowest BCUT2D eigenvalue weighted by Crippen LogP contribution is -2.15. The number of hydrogen-bond acceptors (Lipinski definition) is 6. The van der Waals surface area contributed by atoms with E-state index in [-0.39, 0.29) is 23.6 Å². The molecule has 3 N–H and O–H groups in total. The number of nitrogens with zero attached hydrogens (tertiary/aromatic N) is 1. The van der Waals surface area contributed by atoms with Crippen LogP contribution in [-0.4, -0.2) is 29.3 Å². The summed E-state index contributed by atoms with van der Waals surface area (Å²) in [5.74, 6) is -2.59. The van der Waals surface area contributed by atoms with Crippen LogP contribution in [0.3, 0.4) is 0 Å². The zero-order valence-electron chi connectivity index (χ0n) is 8.89. The van der Waals surface area contributed by atoms with E-state index in [2.05, 4.69) is 9.89 Å². The number of methoxy groups -OCH3 is 1. The van der Waals surface area contributed by atoms with Gasteiger partial charge >= 0.3 is 11.9 Å². The van der Waals surface area contributed by atoms with Gasteiger partial charge in [-0.05, 0) is 6.92 Å². The van der Waals surface area contributed by atoms with E-state index in [4.69, 9.17) is 15.4 Å². The molecule has 0 aliphatic carbocycles. The molecular weight excluding hydrogens is 216 g/mol. The van der Waals surface area contributed by atoms with Crippen LogP contribution in [0.1, 0.15) is 34.7 Å². The minimum absolute atomic E-state index is 0.0308. The first-order chi connectivity index (χ1) is 7.52. The average Bonchev–Trinajstić information content (AvgIpc) is 2.70. The number of esters is 1. The number of aliphatic carboxylic acids is 1. The molecule has 1 aromatic rings. The van der Waals surface area contributed by atoms with Crippen molar-refractivity contribution in [3.8, 4) is 0 Å². The molecule has 16 heavy (non-hydrogen) atoms. The molecule has 1 unspecified atom stereocenters. The normalized spacial score (nSPS) is 12.2. The van der Waals surface area contributed by atoms with Gasteiger partial charge in [0.15, 0.2) is 11.5 Å². The van der Waals surface area contributed by atoms with Crippen LogP contribution in [0.15, 0.2) is 4.52 Å². The highest BCUT2D eigenvalue weighted by Gasteiger charge is 2.29. The summed E-state index contributed by atoms with van der Waals surface area (Å²) in [4.78, 5) is 22.2. The largest absolute Gasteiger partial charge is 0.481 e. The fourth-order valence-corrected chi connectivity index (χ4v) is 1.29. The standard InChI is InChI=1S/C9H12N2O5/c1-4(8(12)13)6-5(3-10)16-11-7(6)9(14)15-2/h4H,3,10H2,1-2H3,(H,12,13). The number of aromatic nitrogens is 1. The summed E-state index contributed by atoms with van der Waals surface area (Å²) in [6.07, 6.45) is 0. The minimum Gasteiger partial charge on any atom is -0.481 e. The van der Waals surface area contributed by atoms with Crippen LogP contribution >= 0.6 is 0 Å². The second-order valence-corrected chi connectivity index (χ2v) is 3.12. The molecule has 1 rings (SSSR count).